The van der Waals surface area contributed by atoms with Gasteiger partial charge in [0, 0.05) is 6.54 Å². The van der Waals surface area contributed by atoms with E-state index >= 15 is 0 Å². The van der Waals surface area contributed by atoms with E-state index in [-0.39, 0.29) is 0 Å². The first-order valence-corrected chi connectivity index (χ1v) is 5.40. The fourth-order valence-electron chi connectivity index (χ4n) is 1.86. The van der Waals surface area contributed by atoms with Crippen LogP contribution in [0.3, 0.4) is 0 Å². The highest BCUT2D eigenvalue weighted by Gasteiger charge is 2.42. The Hall–Kier alpha value is -1.52. The van der Waals surface area contributed by atoms with Gasteiger partial charge in [-0.2, -0.15) is 0 Å². The zero-order valence-electron chi connectivity index (χ0n) is 9.51. The molecule has 0 aromatic carbocycles. The van der Waals surface area contributed by atoms with Crippen LogP contribution in [0.4, 0.5) is 4.79 Å². The summed E-state index contributed by atoms with van der Waals surface area (Å²) in [6.07, 6.45) is 2.69. The number of hydrogen-bond donors (Lipinski definition) is 3. The predicted molar refractivity (Wildman–Crippen MR) is 60.2 cm³/mol. The number of nitrogens with one attached hydrogen (secondary N) is 2. The lowest BCUT2D eigenvalue weighted by atomic mass is 9.98. The van der Waals surface area contributed by atoms with Crippen LogP contribution in [0.15, 0.2) is 12.2 Å². The van der Waals surface area contributed by atoms with Crippen LogP contribution in [0.1, 0.15) is 32.6 Å². The molecule has 5 nitrogen and oxygen atoms in total. The number of amides is 2. The second-order valence-electron chi connectivity index (χ2n) is 4.36. The van der Waals surface area contributed by atoms with Crippen LogP contribution in [0.5, 0.6) is 0 Å². The summed E-state index contributed by atoms with van der Waals surface area (Å²) in [5, 5.41) is 14.3. The van der Waals surface area contributed by atoms with Crippen molar-refractivity contribution in [2.24, 2.45) is 0 Å². The largest absolute Gasteiger partial charge is 0.480 e. The molecule has 0 aliphatic heterocycles. The average molecular weight is 226 g/mol. The van der Waals surface area contributed by atoms with Gasteiger partial charge in [0.05, 0.1) is 0 Å². The van der Waals surface area contributed by atoms with Gasteiger partial charge in [-0.05, 0) is 19.8 Å². The van der Waals surface area contributed by atoms with Crippen LogP contribution in [0.25, 0.3) is 0 Å². The van der Waals surface area contributed by atoms with Gasteiger partial charge in [-0.15, -0.1) is 0 Å². The summed E-state index contributed by atoms with van der Waals surface area (Å²) in [7, 11) is 0. The number of carboxylic acids is 1. The molecule has 0 bridgehead atoms. The maximum absolute atomic E-state index is 11.5. The Morgan fingerprint density at radius 2 is 1.94 bits per heavy atom. The highest BCUT2D eigenvalue weighted by Crippen LogP contribution is 2.29. The van der Waals surface area contributed by atoms with Gasteiger partial charge >= 0.3 is 12.0 Å². The molecule has 1 rings (SSSR count). The number of carbonyl (C=O) groups excluding carboxylic acids is 1. The van der Waals surface area contributed by atoms with Crippen LogP contribution < -0.4 is 10.6 Å². The van der Waals surface area contributed by atoms with Crippen molar-refractivity contribution in [3.8, 4) is 0 Å². The molecular weight excluding hydrogens is 208 g/mol. The first-order chi connectivity index (χ1) is 7.46. The van der Waals surface area contributed by atoms with Gasteiger partial charge in [0.15, 0.2) is 0 Å². The average Bonchev–Trinajstić information content (AvgIpc) is 2.64. The van der Waals surface area contributed by atoms with E-state index in [0.717, 1.165) is 18.4 Å². The van der Waals surface area contributed by atoms with Crippen molar-refractivity contribution in [3.63, 3.8) is 0 Å². The summed E-state index contributed by atoms with van der Waals surface area (Å²) in [6.45, 7) is 5.81. The molecule has 1 aliphatic rings. The van der Waals surface area contributed by atoms with E-state index in [0.29, 0.717) is 19.4 Å². The molecule has 0 radical (unpaired) electrons. The lowest BCUT2D eigenvalue weighted by Crippen LogP contribution is -2.55. The summed E-state index contributed by atoms with van der Waals surface area (Å²) in [6, 6.07) is -0.438. The van der Waals surface area contributed by atoms with Crippen molar-refractivity contribution < 1.29 is 14.7 Å². The van der Waals surface area contributed by atoms with Gasteiger partial charge in [0.1, 0.15) is 5.54 Å². The third kappa shape index (κ3) is 2.98. The van der Waals surface area contributed by atoms with E-state index in [9.17, 15) is 9.59 Å². The molecule has 0 aromatic heterocycles. The van der Waals surface area contributed by atoms with E-state index in [1.165, 1.54) is 0 Å². The highest BCUT2D eigenvalue weighted by molar-refractivity contribution is 5.86. The molecule has 0 aromatic rings. The topological polar surface area (TPSA) is 78.4 Å². The Morgan fingerprint density at radius 3 is 2.38 bits per heavy atom. The van der Waals surface area contributed by atoms with E-state index in [1.807, 2.05) is 0 Å². The van der Waals surface area contributed by atoms with Crippen LogP contribution in [0, 0.1) is 0 Å². The lowest BCUT2D eigenvalue weighted by molar-refractivity contribution is -0.144. The molecule has 2 amide bonds. The molecule has 1 aliphatic carbocycles. The van der Waals surface area contributed by atoms with Crippen LogP contribution >= 0.6 is 0 Å². The Kier molecular flexibility index (Phi) is 3.93. The third-order valence-electron chi connectivity index (χ3n) is 2.77. The summed E-state index contributed by atoms with van der Waals surface area (Å²) in [4.78, 5) is 22.6. The fourth-order valence-corrected chi connectivity index (χ4v) is 1.86. The van der Waals surface area contributed by atoms with Crippen molar-refractivity contribution in [2.75, 3.05) is 6.54 Å². The zero-order valence-corrected chi connectivity index (χ0v) is 9.51. The second kappa shape index (κ2) is 5.01. The molecule has 0 saturated heterocycles. The molecule has 0 spiro atoms. The zero-order chi connectivity index (χ0) is 12.2. The Bertz CT molecular complexity index is 306. The monoisotopic (exact) mass is 226 g/mol. The van der Waals surface area contributed by atoms with Crippen molar-refractivity contribution in [1.82, 2.24) is 10.6 Å². The van der Waals surface area contributed by atoms with E-state index in [1.54, 1.807) is 6.92 Å². The standard InChI is InChI=1S/C11H18N2O3/c1-8(2)7-12-10(16)13-11(9(14)15)5-3-4-6-11/h1,3-7H2,2H3,(H,14,15)(H2,12,13,16). The lowest BCUT2D eigenvalue weighted by Gasteiger charge is -2.25. The summed E-state index contributed by atoms with van der Waals surface area (Å²) >= 11 is 0. The first-order valence-electron chi connectivity index (χ1n) is 5.40. The first kappa shape index (κ1) is 12.5. The third-order valence-corrected chi connectivity index (χ3v) is 2.77. The van der Waals surface area contributed by atoms with Crippen LogP contribution in [-0.2, 0) is 4.79 Å². The predicted octanol–water partition coefficient (Wildman–Crippen LogP) is 1.26. The van der Waals surface area contributed by atoms with Gasteiger partial charge in [0.25, 0.3) is 0 Å². The molecule has 1 saturated carbocycles. The van der Waals surface area contributed by atoms with Crippen LogP contribution in [0.2, 0.25) is 0 Å². The molecule has 3 N–H and O–H groups in total. The molecular formula is C11H18N2O3. The molecule has 5 heteroatoms. The quantitative estimate of drug-likeness (QED) is 0.631. The molecule has 16 heavy (non-hydrogen) atoms. The van der Waals surface area contributed by atoms with Crippen molar-refractivity contribution in [3.05, 3.63) is 12.2 Å². The van der Waals surface area contributed by atoms with Gasteiger partial charge in [-0.3, -0.25) is 0 Å². The normalized spacial score (nSPS) is 17.8. The minimum atomic E-state index is -1.07. The summed E-state index contributed by atoms with van der Waals surface area (Å²) < 4.78 is 0. The SMILES string of the molecule is C=C(C)CNC(=O)NC1(C(=O)O)CCCC1. The number of aliphatic carboxylic acids is 1. The molecule has 0 unspecified atom stereocenters. The Labute approximate surface area is 94.9 Å². The van der Waals surface area contributed by atoms with Crippen molar-refractivity contribution in [2.45, 2.75) is 38.1 Å². The minimum Gasteiger partial charge on any atom is -0.480 e. The number of carboxylic acid groups (broad SMARTS) is 1. The molecule has 0 heterocycles. The van der Waals surface area contributed by atoms with Gasteiger partial charge in [-0.1, -0.05) is 25.0 Å². The maximum atomic E-state index is 11.5. The molecule has 90 valence electrons. The number of rotatable bonds is 4. The van der Waals surface area contributed by atoms with Gasteiger partial charge in [0.2, 0.25) is 0 Å². The fraction of sp³-hybridized carbons (Fsp3) is 0.636. The number of carbonyl (C=O) groups is 2. The van der Waals surface area contributed by atoms with Crippen molar-refractivity contribution >= 4 is 12.0 Å². The highest BCUT2D eigenvalue weighted by atomic mass is 16.4. The van der Waals surface area contributed by atoms with Gasteiger partial charge < -0.3 is 15.7 Å². The molecule has 0 atom stereocenters. The minimum absolute atomic E-state index is 0.363. The van der Waals surface area contributed by atoms with Crippen LogP contribution in [-0.4, -0.2) is 29.2 Å². The maximum Gasteiger partial charge on any atom is 0.329 e. The summed E-state index contributed by atoms with van der Waals surface area (Å²) in [5.41, 5.74) is -0.245. The smallest absolute Gasteiger partial charge is 0.329 e. The van der Waals surface area contributed by atoms with Gasteiger partial charge in [-0.25, -0.2) is 9.59 Å². The molecule has 1 fully saturated rings. The van der Waals surface area contributed by atoms with Crippen molar-refractivity contribution in [1.29, 1.82) is 0 Å². The van der Waals surface area contributed by atoms with E-state index in [2.05, 4.69) is 17.2 Å². The number of hydrogen-bond acceptors (Lipinski definition) is 2. The van der Waals surface area contributed by atoms with E-state index < -0.39 is 17.5 Å². The second-order valence-corrected chi connectivity index (χ2v) is 4.36. The summed E-state index contributed by atoms with van der Waals surface area (Å²) in [5.74, 6) is -0.949. The Morgan fingerprint density at radius 1 is 1.38 bits per heavy atom. The Balaban J connectivity index is 2.52. The number of urea groups is 1. The van der Waals surface area contributed by atoms with E-state index in [4.69, 9.17) is 5.11 Å².